The molecule has 0 atom stereocenters. The second-order valence-corrected chi connectivity index (χ2v) is 26.3. The SMILES string of the molecule is C[CH](C)[Ti]123(=[O])([O]C(=O)c4cccc(c4)C(=O)[O]1)([C](=O)c1cccc(c1)[C]2=O)[C](=O)c1cccc(c1)[C]3=O. The number of hydrogen-bond acceptors (Lipinski definition) is 9. The molecule has 9 nitrogen and oxygen atoms in total. The topological polar surface area (TPSA) is 138 Å². The van der Waals surface area contributed by atoms with Gasteiger partial charge in [-0.05, 0) is 0 Å². The van der Waals surface area contributed by atoms with Gasteiger partial charge in [-0.15, -0.1) is 0 Å². The molecule has 0 amide bonds. The van der Waals surface area contributed by atoms with Crippen molar-refractivity contribution < 1.29 is 50.9 Å². The summed E-state index contributed by atoms with van der Waals surface area (Å²) in [6.45, 7) is 1.93. The number of carbonyl (C=O) groups is 6. The van der Waals surface area contributed by atoms with Gasteiger partial charge in [0.1, 0.15) is 0 Å². The monoisotopic (exact) mass is 535 g/mol. The maximum absolute atomic E-state index is 17.5. The number of rotatable bonds is 1. The summed E-state index contributed by atoms with van der Waals surface area (Å²) in [5, 5.41) is 0. The summed E-state index contributed by atoms with van der Waals surface area (Å²) in [6, 6.07) is 13.7. The van der Waals surface area contributed by atoms with Crippen LogP contribution in [-0.4, -0.2) is 28.3 Å². The fraction of sp³-hybridized carbons (Fsp3) is 0.111. The van der Waals surface area contributed by atoms with E-state index >= 15 is 22.5 Å². The molecule has 0 saturated carbocycles. The van der Waals surface area contributed by atoms with Crippen LogP contribution in [0.3, 0.4) is 0 Å². The number of fused-ring (bicyclic) bond motifs is 6. The van der Waals surface area contributed by atoms with Gasteiger partial charge in [0, 0.05) is 0 Å². The van der Waals surface area contributed by atoms with E-state index < -0.39 is 78.1 Å². The molecule has 0 fully saturated rings. The third-order valence-electron chi connectivity index (χ3n) is 9.85. The Morgan fingerprint density at radius 2 is 0.784 bits per heavy atom. The van der Waals surface area contributed by atoms with Crippen LogP contribution in [0.1, 0.15) is 76.0 Å². The Balaban J connectivity index is 2.10. The first kappa shape index (κ1) is 23.2. The van der Waals surface area contributed by atoms with Gasteiger partial charge in [-0.2, -0.15) is 0 Å². The summed E-state index contributed by atoms with van der Waals surface area (Å²) in [5.74, 6) is -3.20. The van der Waals surface area contributed by atoms with Crippen molar-refractivity contribution in [1.82, 2.24) is 0 Å². The van der Waals surface area contributed by atoms with E-state index in [4.69, 9.17) is 6.64 Å². The third-order valence-corrected chi connectivity index (χ3v) is 29.6. The maximum atomic E-state index is 17.5. The second-order valence-electron chi connectivity index (χ2n) is 11.1. The molecule has 3 aliphatic rings. The number of hydrogen-bond donors (Lipinski definition) is 0. The molecule has 3 aromatic carbocycles. The van der Waals surface area contributed by atoms with Crippen molar-refractivity contribution in [2.45, 2.75) is 18.1 Å². The van der Waals surface area contributed by atoms with Crippen molar-refractivity contribution in [3.05, 3.63) is 106 Å². The van der Waals surface area contributed by atoms with Crippen LogP contribution >= 0.6 is 0 Å². The van der Waals surface area contributed by atoms with Crippen molar-refractivity contribution in [1.29, 1.82) is 0 Å². The molecule has 6 bridgehead atoms. The van der Waals surface area contributed by atoms with Crippen molar-refractivity contribution in [2.24, 2.45) is 0 Å². The van der Waals surface area contributed by atoms with Crippen LogP contribution < -0.4 is 0 Å². The molecule has 3 heterocycles. The fourth-order valence-electron chi connectivity index (χ4n) is 7.32. The second kappa shape index (κ2) is 5.11. The van der Waals surface area contributed by atoms with Gasteiger partial charge in [-0.25, -0.2) is 0 Å². The van der Waals surface area contributed by atoms with Crippen molar-refractivity contribution in [2.75, 3.05) is 0 Å². The minimum atomic E-state index is -11.2. The minimum absolute atomic E-state index is 0.415. The Morgan fingerprint density at radius 3 is 1.08 bits per heavy atom. The molecule has 0 aromatic heterocycles. The summed E-state index contributed by atoms with van der Waals surface area (Å²) in [5.41, 5.74) is -3.06. The van der Waals surface area contributed by atoms with Gasteiger partial charge in [0.05, 0.1) is 0 Å². The summed E-state index contributed by atoms with van der Waals surface area (Å²) in [6.07, 6.45) is 0. The zero-order valence-electron chi connectivity index (χ0n) is 19.7. The van der Waals surface area contributed by atoms with Crippen molar-refractivity contribution >= 4 is 28.3 Å². The van der Waals surface area contributed by atoms with Gasteiger partial charge in [0.15, 0.2) is 0 Å². The molecule has 3 aliphatic heterocycles. The van der Waals surface area contributed by atoms with E-state index in [1.54, 1.807) is 0 Å². The molecule has 1 spiro atoms. The Morgan fingerprint density at radius 1 is 0.514 bits per heavy atom. The average Bonchev–Trinajstić information content (AvgIpc) is 2.90. The van der Waals surface area contributed by atoms with Crippen LogP contribution in [0.5, 0.6) is 0 Å². The first-order chi connectivity index (χ1) is 17.2. The van der Waals surface area contributed by atoms with Gasteiger partial charge in [0.25, 0.3) is 0 Å². The molecule has 6 rings (SSSR count). The Bertz CT molecular complexity index is 1760. The normalized spacial score (nSPS) is 27.3. The summed E-state index contributed by atoms with van der Waals surface area (Å²) in [4.78, 5) is 88.2. The zero-order chi connectivity index (χ0) is 26.8. The molecule has 0 saturated heterocycles. The Labute approximate surface area is 203 Å². The Kier molecular flexibility index (Phi) is 3.21. The van der Waals surface area contributed by atoms with Gasteiger partial charge >= 0.3 is 203 Å². The van der Waals surface area contributed by atoms with E-state index in [-0.39, 0.29) is 0 Å². The molecular formula is C27H19O9Ti. The van der Waals surface area contributed by atoms with E-state index in [2.05, 4.69) is 0 Å². The predicted octanol–water partition coefficient (Wildman–Crippen LogP) is 4.30. The van der Waals surface area contributed by atoms with Gasteiger partial charge in [-0.1, -0.05) is 0 Å². The third kappa shape index (κ3) is 1.49. The van der Waals surface area contributed by atoms with Crippen LogP contribution in [0.2, 0.25) is 4.22 Å². The van der Waals surface area contributed by atoms with E-state index in [1.165, 1.54) is 30.3 Å². The summed E-state index contributed by atoms with van der Waals surface area (Å²) in [7, 11) is 0. The van der Waals surface area contributed by atoms with Crippen LogP contribution in [0.25, 0.3) is 0 Å². The zero-order valence-corrected chi connectivity index (χ0v) is 21.2. The van der Waals surface area contributed by atoms with Crippen molar-refractivity contribution in [3.63, 3.8) is 0 Å². The van der Waals surface area contributed by atoms with Gasteiger partial charge in [-0.3, -0.25) is 0 Å². The molecule has 37 heavy (non-hydrogen) atoms. The molecule has 185 valence electrons. The van der Waals surface area contributed by atoms with E-state index in [0.29, 0.717) is 0 Å². The average molecular weight is 535 g/mol. The van der Waals surface area contributed by atoms with Crippen LogP contribution in [0.15, 0.2) is 72.8 Å². The standard InChI is InChI=1S/C8H6O4.2C8H4O2.C3H7.O.Ti/c9-7(10)5-2-1-3-6(4-5)8(11)12;2*9-5-7-2-1-3-8(4-7)6-10;1-3-2;;/h1-4H,(H,9,10)(H,11,12);2*1-4H;3H,1-2H3;;/q;;;;;+2/p-2. The molecule has 10 heteroatoms. The molecule has 3 aromatic rings. The Hall–Kier alpha value is -4.21. The number of benzene rings is 3. The van der Waals surface area contributed by atoms with Crippen LogP contribution in [0, 0.1) is 0 Å². The van der Waals surface area contributed by atoms with Crippen LogP contribution in [0.4, 0.5) is 0 Å². The molecule has 0 N–H and O–H groups in total. The first-order valence-electron chi connectivity index (χ1n) is 11.7. The quantitative estimate of drug-likeness (QED) is 0.418. The fourth-order valence-corrected chi connectivity index (χ4v) is 23.8. The van der Waals surface area contributed by atoms with E-state index in [0.717, 1.165) is 56.3 Å². The molecule has 0 radical (unpaired) electrons. The van der Waals surface area contributed by atoms with Crippen LogP contribution in [-0.2, 0) is 22.2 Å². The molecule has 0 unspecified atom stereocenters. The van der Waals surface area contributed by atoms with E-state index in [1.807, 2.05) is 0 Å². The predicted molar refractivity (Wildman–Crippen MR) is 123 cm³/mol. The van der Waals surface area contributed by atoms with Gasteiger partial charge in [0.2, 0.25) is 0 Å². The molecular weight excluding hydrogens is 516 g/mol. The van der Waals surface area contributed by atoms with Gasteiger partial charge < -0.3 is 0 Å². The number of carbonyl (C=O) groups excluding carboxylic acids is 6. The van der Waals surface area contributed by atoms with Crippen molar-refractivity contribution in [3.8, 4) is 0 Å². The first-order valence-corrected chi connectivity index (χ1v) is 17.6. The summed E-state index contributed by atoms with van der Waals surface area (Å²) < 4.78 is 19.1. The molecule has 0 aliphatic carbocycles. The summed E-state index contributed by atoms with van der Waals surface area (Å²) >= 11 is -11.2. The van der Waals surface area contributed by atoms with E-state index in [9.17, 15) is 9.59 Å².